The molecule has 0 saturated heterocycles. The standard InChI is InChI=1S/C16H25NO2/c1-12(17-2)13-8-9-16(18-3)14(10-13)11-19-15-6-4-5-7-15/h8-10,12,15,17H,4-7,11H2,1-3H3. The van der Waals surface area contributed by atoms with Gasteiger partial charge in [-0.05, 0) is 44.5 Å². The van der Waals surface area contributed by atoms with E-state index in [0.717, 1.165) is 11.3 Å². The van der Waals surface area contributed by atoms with Gasteiger partial charge in [-0.2, -0.15) is 0 Å². The molecule has 106 valence electrons. The molecule has 1 N–H and O–H groups in total. The van der Waals surface area contributed by atoms with E-state index in [0.29, 0.717) is 18.8 Å². The van der Waals surface area contributed by atoms with E-state index in [-0.39, 0.29) is 0 Å². The van der Waals surface area contributed by atoms with Crippen molar-refractivity contribution >= 4 is 0 Å². The van der Waals surface area contributed by atoms with Gasteiger partial charge in [-0.3, -0.25) is 0 Å². The predicted molar refractivity (Wildman–Crippen MR) is 77.5 cm³/mol. The van der Waals surface area contributed by atoms with Gasteiger partial charge in [0.1, 0.15) is 5.75 Å². The SMILES string of the molecule is CNC(C)c1ccc(OC)c(COC2CCCC2)c1. The summed E-state index contributed by atoms with van der Waals surface area (Å²) in [5, 5.41) is 3.26. The third-order valence-electron chi connectivity index (χ3n) is 4.01. The molecule has 1 fully saturated rings. The minimum atomic E-state index is 0.344. The highest BCUT2D eigenvalue weighted by atomic mass is 16.5. The third kappa shape index (κ3) is 3.71. The van der Waals surface area contributed by atoms with Crippen LogP contribution in [-0.4, -0.2) is 20.3 Å². The van der Waals surface area contributed by atoms with Gasteiger partial charge in [-0.15, -0.1) is 0 Å². The van der Waals surface area contributed by atoms with Gasteiger partial charge in [-0.25, -0.2) is 0 Å². The molecule has 1 aromatic rings. The zero-order chi connectivity index (χ0) is 13.7. The molecule has 0 bridgehead atoms. The Labute approximate surface area is 116 Å². The van der Waals surface area contributed by atoms with Crippen molar-refractivity contribution in [2.75, 3.05) is 14.2 Å². The quantitative estimate of drug-likeness (QED) is 0.853. The van der Waals surface area contributed by atoms with Crippen LogP contribution in [0.4, 0.5) is 0 Å². The third-order valence-corrected chi connectivity index (χ3v) is 4.01. The van der Waals surface area contributed by atoms with Gasteiger partial charge in [0.15, 0.2) is 0 Å². The summed E-state index contributed by atoms with van der Waals surface area (Å²) >= 11 is 0. The molecule has 19 heavy (non-hydrogen) atoms. The number of rotatable bonds is 6. The molecule has 0 radical (unpaired) electrons. The maximum atomic E-state index is 6.00. The van der Waals surface area contributed by atoms with Crippen molar-refractivity contribution in [3.05, 3.63) is 29.3 Å². The summed E-state index contributed by atoms with van der Waals surface area (Å²) in [6, 6.07) is 6.68. The predicted octanol–water partition coefficient (Wildman–Crippen LogP) is 3.43. The highest BCUT2D eigenvalue weighted by Gasteiger charge is 2.16. The summed E-state index contributed by atoms with van der Waals surface area (Å²) in [4.78, 5) is 0. The average molecular weight is 263 g/mol. The molecule has 0 aromatic heterocycles. The Morgan fingerprint density at radius 3 is 2.68 bits per heavy atom. The zero-order valence-electron chi connectivity index (χ0n) is 12.2. The lowest BCUT2D eigenvalue weighted by Crippen LogP contribution is -2.13. The van der Waals surface area contributed by atoms with Crippen molar-refractivity contribution in [2.45, 2.75) is 51.4 Å². The van der Waals surface area contributed by atoms with E-state index < -0.39 is 0 Å². The summed E-state index contributed by atoms with van der Waals surface area (Å²) < 4.78 is 11.4. The Kier molecular flexibility index (Phi) is 5.23. The number of hydrogen-bond acceptors (Lipinski definition) is 3. The molecule has 1 atom stereocenters. The summed E-state index contributed by atoms with van der Waals surface area (Å²) in [5.74, 6) is 0.921. The smallest absolute Gasteiger partial charge is 0.124 e. The molecule has 0 heterocycles. The van der Waals surface area contributed by atoms with Gasteiger partial charge in [-0.1, -0.05) is 18.9 Å². The lowest BCUT2D eigenvalue weighted by Gasteiger charge is -2.17. The number of nitrogens with one attached hydrogen (secondary N) is 1. The normalized spacial score (nSPS) is 17.6. The fraction of sp³-hybridized carbons (Fsp3) is 0.625. The van der Waals surface area contributed by atoms with E-state index in [1.165, 1.54) is 31.2 Å². The minimum Gasteiger partial charge on any atom is -0.496 e. The van der Waals surface area contributed by atoms with Crippen molar-refractivity contribution in [3.63, 3.8) is 0 Å². The molecule has 2 rings (SSSR count). The van der Waals surface area contributed by atoms with Crippen LogP contribution in [0.5, 0.6) is 5.75 Å². The molecule has 0 spiro atoms. The topological polar surface area (TPSA) is 30.5 Å². The van der Waals surface area contributed by atoms with Gasteiger partial charge >= 0.3 is 0 Å². The summed E-state index contributed by atoms with van der Waals surface area (Å²) in [6.07, 6.45) is 5.45. The molecule has 1 aliphatic carbocycles. The molecule has 1 saturated carbocycles. The Morgan fingerprint density at radius 1 is 1.32 bits per heavy atom. The molecule has 3 heteroatoms. The van der Waals surface area contributed by atoms with Crippen LogP contribution < -0.4 is 10.1 Å². The Hall–Kier alpha value is -1.06. The van der Waals surface area contributed by atoms with Crippen LogP contribution in [0.1, 0.15) is 49.8 Å². The van der Waals surface area contributed by atoms with Gasteiger partial charge in [0.05, 0.1) is 19.8 Å². The molecular weight excluding hydrogens is 238 g/mol. The average Bonchev–Trinajstić information content (AvgIpc) is 2.97. The van der Waals surface area contributed by atoms with Crippen molar-refractivity contribution in [2.24, 2.45) is 0 Å². The molecule has 1 aliphatic rings. The van der Waals surface area contributed by atoms with Gasteiger partial charge in [0.25, 0.3) is 0 Å². The lowest BCUT2D eigenvalue weighted by molar-refractivity contribution is 0.0445. The maximum Gasteiger partial charge on any atom is 0.124 e. The van der Waals surface area contributed by atoms with E-state index in [1.807, 2.05) is 13.1 Å². The second kappa shape index (κ2) is 6.92. The van der Waals surface area contributed by atoms with Crippen LogP contribution in [0.3, 0.4) is 0 Å². The van der Waals surface area contributed by atoms with Crippen LogP contribution in [0.25, 0.3) is 0 Å². The number of benzene rings is 1. The first kappa shape index (κ1) is 14.4. The van der Waals surface area contributed by atoms with Crippen molar-refractivity contribution in [1.29, 1.82) is 0 Å². The second-order valence-electron chi connectivity index (χ2n) is 5.30. The molecule has 1 unspecified atom stereocenters. The Bertz CT molecular complexity index is 400. The van der Waals surface area contributed by atoms with Gasteiger partial charge in [0, 0.05) is 11.6 Å². The fourth-order valence-electron chi connectivity index (χ4n) is 2.61. The highest BCUT2D eigenvalue weighted by Crippen LogP contribution is 2.27. The molecular formula is C16H25NO2. The zero-order valence-corrected chi connectivity index (χ0v) is 12.2. The van der Waals surface area contributed by atoms with Gasteiger partial charge in [0.2, 0.25) is 0 Å². The Morgan fingerprint density at radius 2 is 2.05 bits per heavy atom. The van der Waals surface area contributed by atoms with Crippen LogP contribution in [0.2, 0.25) is 0 Å². The number of ether oxygens (including phenoxy) is 2. The summed E-state index contributed by atoms with van der Waals surface area (Å²) in [7, 11) is 3.69. The fourth-order valence-corrected chi connectivity index (χ4v) is 2.61. The van der Waals surface area contributed by atoms with Crippen molar-refractivity contribution in [1.82, 2.24) is 5.32 Å². The van der Waals surface area contributed by atoms with Crippen molar-refractivity contribution in [3.8, 4) is 5.75 Å². The first-order valence-corrected chi connectivity index (χ1v) is 7.20. The first-order chi connectivity index (χ1) is 9.24. The Balaban J connectivity index is 2.06. The molecule has 1 aromatic carbocycles. The largest absolute Gasteiger partial charge is 0.496 e. The van der Waals surface area contributed by atoms with E-state index in [4.69, 9.17) is 9.47 Å². The monoisotopic (exact) mass is 263 g/mol. The number of methoxy groups -OCH3 is 1. The molecule has 0 aliphatic heterocycles. The van der Waals surface area contributed by atoms with E-state index in [1.54, 1.807) is 7.11 Å². The first-order valence-electron chi connectivity index (χ1n) is 7.20. The van der Waals surface area contributed by atoms with Crippen LogP contribution in [0, 0.1) is 0 Å². The van der Waals surface area contributed by atoms with E-state index >= 15 is 0 Å². The maximum absolute atomic E-state index is 6.00. The number of hydrogen-bond donors (Lipinski definition) is 1. The highest BCUT2D eigenvalue weighted by molar-refractivity contribution is 5.38. The van der Waals surface area contributed by atoms with E-state index in [2.05, 4.69) is 24.4 Å². The molecule has 0 amide bonds. The summed E-state index contributed by atoms with van der Waals surface area (Å²) in [5.41, 5.74) is 2.42. The van der Waals surface area contributed by atoms with Crippen molar-refractivity contribution < 1.29 is 9.47 Å². The lowest BCUT2D eigenvalue weighted by atomic mass is 10.0. The molecule has 3 nitrogen and oxygen atoms in total. The van der Waals surface area contributed by atoms with E-state index in [9.17, 15) is 0 Å². The van der Waals surface area contributed by atoms with Gasteiger partial charge < -0.3 is 14.8 Å². The van der Waals surface area contributed by atoms with Crippen LogP contribution >= 0.6 is 0 Å². The minimum absolute atomic E-state index is 0.344. The summed E-state index contributed by atoms with van der Waals surface area (Å²) in [6.45, 7) is 2.81. The van der Waals surface area contributed by atoms with Crippen LogP contribution in [-0.2, 0) is 11.3 Å². The van der Waals surface area contributed by atoms with Crippen LogP contribution in [0.15, 0.2) is 18.2 Å². The second-order valence-corrected chi connectivity index (χ2v) is 5.30.